The van der Waals surface area contributed by atoms with Crippen LogP contribution in [0.3, 0.4) is 0 Å². The molecule has 1 aromatic heterocycles. The zero-order chi connectivity index (χ0) is 29.2. The van der Waals surface area contributed by atoms with E-state index in [1.165, 1.54) is 7.11 Å². The van der Waals surface area contributed by atoms with Gasteiger partial charge in [0.25, 0.3) is 0 Å². The van der Waals surface area contributed by atoms with Gasteiger partial charge in [-0.2, -0.15) is 0 Å². The van der Waals surface area contributed by atoms with Gasteiger partial charge in [0.1, 0.15) is 17.8 Å². The summed E-state index contributed by atoms with van der Waals surface area (Å²) in [5.41, 5.74) is 0.635. The van der Waals surface area contributed by atoms with Gasteiger partial charge in [0, 0.05) is 28.6 Å². The van der Waals surface area contributed by atoms with Crippen molar-refractivity contribution in [2.45, 2.75) is 97.1 Å². The van der Waals surface area contributed by atoms with Gasteiger partial charge < -0.3 is 23.4 Å². The van der Waals surface area contributed by atoms with E-state index in [1.807, 2.05) is 33.8 Å². The molecule has 2 aliphatic heterocycles. The predicted octanol–water partition coefficient (Wildman–Crippen LogP) is 5.52. The highest BCUT2D eigenvalue weighted by molar-refractivity contribution is 5.74. The summed E-state index contributed by atoms with van der Waals surface area (Å²) in [6.07, 6.45) is 5.32. The molecule has 0 radical (unpaired) electrons. The summed E-state index contributed by atoms with van der Waals surface area (Å²) in [7, 11) is 1.36. The molecule has 218 valence electrons. The molecule has 5 rings (SSSR count). The number of fused-ring (bicyclic) bond motifs is 4. The van der Waals surface area contributed by atoms with Crippen LogP contribution >= 0.6 is 0 Å². The van der Waals surface area contributed by atoms with Crippen molar-refractivity contribution in [2.24, 2.45) is 28.6 Å². The topological polar surface area (TPSA) is 101 Å². The van der Waals surface area contributed by atoms with Crippen molar-refractivity contribution < 1.29 is 37.7 Å². The molecular weight excluding hydrogens is 512 g/mol. The molecule has 0 bridgehead atoms. The van der Waals surface area contributed by atoms with Gasteiger partial charge in [-0.1, -0.05) is 40.3 Å². The number of ether oxygens (including phenoxy) is 4. The highest BCUT2D eigenvalue weighted by atomic mass is 16.6. The van der Waals surface area contributed by atoms with Crippen LogP contribution in [-0.4, -0.2) is 48.9 Å². The Hall–Kier alpha value is -2.87. The molecule has 40 heavy (non-hydrogen) atoms. The van der Waals surface area contributed by atoms with E-state index in [1.54, 1.807) is 12.5 Å². The third-order valence-corrected chi connectivity index (χ3v) is 10.6. The molecule has 0 aromatic carbocycles. The lowest BCUT2D eigenvalue weighted by Crippen LogP contribution is -2.58. The number of hydrogen-bond donors (Lipinski definition) is 0. The summed E-state index contributed by atoms with van der Waals surface area (Å²) in [5.74, 6) is -2.09. The van der Waals surface area contributed by atoms with Crippen LogP contribution in [0.15, 0.2) is 46.8 Å². The van der Waals surface area contributed by atoms with E-state index >= 15 is 0 Å². The van der Waals surface area contributed by atoms with Crippen LogP contribution in [0.4, 0.5) is 0 Å². The minimum absolute atomic E-state index is 0.0113. The van der Waals surface area contributed by atoms with Gasteiger partial charge in [-0.15, -0.1) is 0 Å². The summed E-state index contributed by atoms with van der Waals surface area (Å²) in [5, 5.41) is 0. The van der Waals surface area contributed by atoms with Crippen LogP contribution in [-0.2, 0) is 33.3 Å². The summed E-state index contributed by atoms with van der Waals surface area (Å²) < 4.78 is 29.8. The van der Waals surface area contributed by atoms with E-state index in [4.69, 9.17) is 23.4 Å². The van der Waals surface area contributed by atoms with Crippen molar-refractivity contribution >= 4 is 17.9 Å². The highest BCUT2D eigenvalue weighted by Gasteiger charge is 2.71. The van der Waals surface area contributed by atoms with E-state index in [-0.39, 0.29) is 48.5 Å². The zero-order valence-electron chi connectivity index (χ0n) is 24.7. The number of methoxy groups -OCH3 is 1. The van der Waals surface area contributed by atoms with Crippen molar-refractivity contribution in [2.75, 3.05) is 7.11 Å². The Labute approximate surface area is 236 Å². The molecule has 2 aliphatic carbocycles. The Morgan fingerprint density at radius 3 is 2.58 bits per heavy atom. The standard InChI is InChI=1S/C32H42O8/c1-9-17(2)29(35)39-28-27-26(18(3)20-10-11-21(31(20,28)6)19-12-13-37-16-19)32(7)22(14-24(33)36-8)30(4,5)40-25(34)15-23(32)38-27/h10,12-13,16-17,21-23,26-28H,3,9,11,14-15H2,1-2,4-8H3. The SMILES string of the molecule is C=C1C2=CCC(c3ccoc3)C2(C)C(OC(=O)C(C)CC)C2OC3CC(=O)OC(C)(C)C(CC(=O)OC)C3(C)C12. The van der Waals surface area contributed by atoms with Crippen LogP contribution in [0, 0.1) is 28.6 Å². The molecule has 8 nitrogen and oxygen atoms in total. The number of cyclic esters (lactones) is 1. The van der Waals surface area contributed by atoms with Crippen LogP contribution in [0.25, 0.3) is 0 Å². The maximum atomic E-state index is 13.4. The van der Waals surface area contributed by atoms with Crippen molar-refractivity contribution in [1.82, 2.24) is 0 Å². The molecule has 1 aromatic rings. The lowest BCUT2D eigenvalue weighted by Gasteiger charge is -2.53. The molecule has 2 saturated heterocycles. The molecule has 0 N–H and O–H groups in total. The normalized spacial score (nSPS) is 38.7. The third kappa shape index (κ3) is 4.08. The van der Waals surface area contributed by atoms with Gasteiger partial charge >= 0.3 is 17.9 Å². The van der Waals surface area contributed by atoms with Gasteiger partial charge in [0.15, 0.2) is 0 Å². The second-order valence-corrected chi connectivity index (χ2v) is 13.0. The van der Waals surface area contributed by atoms with E-state index in [0.29, 0.717) is 6.42 Å². The van der Waals surface area contributed by atoms with Gasteiger partial charge in [0.05, 0.1) is 44.5 Å². The first-order valence-corrected chi connectivity index (χ1v) is 14.4. The quantitative estimate of drug-likeness (QED) is 0.335. The summed E-state index contributed by atoms with van der Waals surface area (Å²) in [4.78, 5) is 39.2. The lowest BCUT2D eigenvalue weighted by atomic mass is 9.51. The first-order chi connectivity index (χ1) is 18.8. The van der Waals surface area contributed by atoms with Gasteiger partial charge in [-0.25, -0.2) is 0 Å². The highest BCUT2D eigenvalue weighted by Crippen LogP contribution is 2.68. The fourth-order valence-corrected chi connectivity index (χ4v) is 8.30. The molecule has 8 heteroatoms. The number of hydrogen-bond acceptors (Lipinski definition) is 8. The van der Waals surface area contributed by atoms with Crippen LogP contribution in [0.5, 0.6) is 0 Å². The smallest absolute Gasteiger partial charge is 0.309 e. The molecule has 0 amide bonds. The summed E-state index contributed by atoms with van der Waals surface area (Å²) in [6, 6.07) is 1.96. The summed E-state index contributed by atoms with van der Waals surface area (Å²) >= 11 is 0. The van der Waals surface area contributed by atoms with Crippen LogP contribution in [0.1, 0.15) is 78.7 Å². The summed E-state index contributed by atoms with van der Waals surface area (Å²) in [6.45, 7) is 16.4. The zero-order valence-corrected chi connectivity index (χ0v) is 24.7. The fourth-order valence-electron chi connectivity index (χ4n) is 8.30. The molecule has 9 unspecified atom stereocenters. The molecule has 4 aliphatic rings. The molecule has 0 spiro atoms. The minimum atomic E-state index is -0.972. The molecular formula is C32H42O8. The number of esters is 3. The van der Waals surface area contributed by atoms with Gasteiger partial charge in [0.2, 0.25) is 0 Å². The van der Waals surface area contributed by atoms with Crippen molar-refractivity contribution in [3.05, 3.63) is 48.0 Å². The van der Waals surface area contributed by atoms with E-state index in [9.17, 15) is 14.4 Å². The van der Waals surface area contributed by atoms with Crippen molar-refractivity contribution in [1.29, 1.82) is 0 Å². The van der Waals surface area contributed by atoms with Crippen molar-refractivity contribution in [3.63, 3.8) is 0 Å². The minimum Gasteiger partial charge on any atom is -0.472 e. The Morgan fingerprint density at radius 2 is 1.95 bits per heavy atom. The van der Waals surface area contributed by atoms with E-state index in [0.717, 1.165) is 23.1 Å². The van der Waals surface area contributed by atoms with Gasteiger partial charge in [-0.3, -0.25) is 14.4 Å². The lowest BCUT2D eigenvalue weighted by molar-refractivity contribution is -0.179. The Bertz CT molecular complexity index is 1230. The first kappa shape index (κ1) is 28.7. The van der Waals surface area contributed by atoms with E-state index in [2.05, 4.69) is 26.5 Å². The second-order valence-electron chi connectivity index (χ2n) is 13.0. The average molecular weight is 555 g/mol. The van der Waals surface area contributed by atoms with Crippen LogP contribution in [0.2, 0.25) is 0 Å². The number of carbonyl (C=O) groups is 3. The molecule has 9 atom stereocenters. The maximum Gasteiger partial charge on any atom is 0.309 e. The fraction of sp³-hybridized carbons (Fsp3) is 0.656. The van der Waals surface area contributed by atoms with Crippen molar-refractivity contribution in [3.8, 4) is 0 Å². The molecule has 3 heterocycles. The van der Waals surface area contributed by atoms with Gasteiger partial charge in [-0.05, 0) is 49.5 Å². The Kier molecular flexibility index (Phi) is 7.09. The Balaban J connectivity index is 1.67. The molecule has 3 fully saturated rings. The average Bonchev–Trinajstić information content (AvgIpc) is 3.60. The predicted molar refractivity (Wildman–Crippen MR) is 146 cm³/mol. The first-order valence-electron chi connectivity index (χ1n) is 14.4. The Morgan fingerprint density at radius 1 is 1.23 bits per heavy atom. The number of allylic oxidation sites excluding steroid dienone is 1. The number of furan rings is 1. The monoisotopic (exact) mass is 554 g/mol. The largest absolute Gasteiger partial charge is 0.472 e. The molecule has 1 saturated carbocycles. The number of rotatable bonds is 6. The third-order valence-electron chi connectivity index (χ3n) is 10.6. The van der Waals surface area contributed by atoms with Crippen LogP contribution < -0.4 is 0 Å². The maximum absolute atomic E-state index is 13.4. The number of carbonyl (C=O) groups excluding carboxylic acids is 3. The van der Waals surface area contributed by atoms with E-state index < -0.39 is 40.7 Å². The second kappa shape index (κ2) is 9.89.